The Morgan fingerprint density at radius 2 is 1.54 bits per heavy atom. The average molecular weight is 384 g/mol. The monoisotopic (exact) mass is 384 g/mol. The van der Waals surface area contributed by atoms with E-state index in [9.17, 15) is 18.4 Å². The number of likely N-dealkylation sites (tertiary alicyclic amines) is 1. The van der Waals surface area contributed by atoms with Gasteiger partial charge in [0.15, 0.2) is 0 Å². The number of nitrogens with zero attached hydrogens (tertiary/aromatic N) is 2. The van der Waals surface area contributed by atoms with Crippen LogP contribution in [0.3, 0.4) is 0 Å². The highest BCUT2D eigenvalue weighted by Crippen LogP contribution is 2.37. The summed E-state index contributed by atoms with van der Waals surface area (Å²) in [6.45, 7) is 1.79. The number of piperidine rings is 1. The summed E-state index contributed by atoms with van der Waals surface area (Å²) in [5.41, 5.74) is 4.29. The Morgan fingerprint density at radius 3 is 2.14 bits per heavy atom. The Morgan fingerprint density at radius 1 is 0.893 bits per heavy atom. The fourth-order valence-electron chi connectivity index (χ4n) is 4.58. The molecule has 2 aliphatic rings. The van der Waals surface area contributed by atoms with Crippen molar-refractivity contribution >= 4 is 0 Å². The fourth-order valence-corrected chi connectivity index (χ4v) is 4.58. The van der Waals surface area contributed by atoms with E-state index in [1.807, 2.05) is 6.07 Å². The van der Waals surface area contributed by atoms with Crippen LogP contribution in [0.4, 0.5) is 13.2 Å². The van der Waals surface area contributed by atoms with Gasteiger partial charge in [-0.3, -0.25) is 4.90 Å². The minimum absolute atomic E-state index is 0.178. The van der Waals surface area contributed by atoms with E-state index in [0.29, 0.717) is 5.56 Å². The lowest BCUT2D eigenvalue weighted by atomic mass is 9.89. The first-order chi connectivity index (χ1) is 13.5. The van der Waals surface area contributed by atoms with Gasteiger partial charge in [-0.25, -0.2) is 0 Å². The van der Waals surface area contributed by atoms with Gasteiger partial charge in [-0.2, -0.15) is 18.4 Å². The zero-order chi connectivity index (χ0) is 19.7. The Balaban J connectivity index is 1.80. The molecular weight excluding hydrogens is 361 g/mol. The average Bonchev–Trinajstić information content (AvgIpc) is 3.15. The van der Waals surface area contributed by atoms with E-state index in [4.69, 9.17) is 0 Å². The van der Waals surface area contributed by atoms with Gasteiger partial charge in [0, 0.05) is 0 Å². The Bertz CT molecular complexity index is 888. The lowest BCUT2D eigenvalue weighted by Gasteiger charge is -2.36. The maximum atomic E-state index is 13.0. The molecule has 2 aromatic carbocycles. The maximum absolute atomic E-state index is 13.0. The molecule has 0 amide bonds. The van der Waals surface area contributed by atoms with E-state index in [-0.39, 0.29) is 6.04 Å². The number of hydrogen-bond acceptors (Lipinski definition) is 2. The van der Waals surface area contributed by atoms with Crippen molar-refractivity contribution in [1.82, 2.24) is 4.90 Å². The molecule has 0 radical (unpaired) electrons. The second kappa shape index (κ2) is 7.60. The Kier molecular flexibility index (Phi) is 5.16. The smallest absolute Gasteiger partial charge is 0.292 e. The lowest BCUT2D eigenvalue weighted by molar-refractivity contribution is -0.137. The second-order valence-corrected chi connectivity index (χ2v) is 7.79. The van der Waals surface area contributed by atoms with Crippen molar-refractivity contribution in [2.75, 3.05) is 13.1 Å². The van der Waals surface area contributed by atoms with Gasteiger partial charge in [0.05, 0.1) is 23.2 Å². The van der Waals surface area contributed by atoms with E-state index in [1.54, 1.807) is 12.1 Å². The zero-order valence-corrected chi connectivity index (χ0v) is 15.7. The van der Waals surface area contributed by atoms with Gasteiger partial charge < -0.3 is 0 Å². The number of fused-ring (bicyclic) bond motifs is 1. The third-order valence-electron chi connectivity index (χ3n) is 5.99. The molecular formula is C23H23F3N2. The highest BCUT2D eigenvalue weighted by Gasteiger charge is 2.32. The van der Waals surface area contributed by atoms with Crippen LogP contribution in [0.15, 0.2) is 36.4 Å². The summed E-state index contributed by atoms with van der Waals surface area (Å²) in [7, 11) is 0. The van der Waals surface area contributed by atoms with Crippen molar-refractivity contribution in [2.24, 2.45) is 0 Å². The van der Waals surface area contributed by atoms with E-state index in [0.717, 1.165) is 68.5 Å². The molecule has 1 heterocycles. The quantitative estimate of drug-likeness (QED) is 0.685. The molecule has 5 heteroatoms. The van der Waals surface area contributed by atoms with Crippen LogP contribution in [0.2, 0.25) is 0 Å². The van der Waals surface area contributed by atoms with Crippen LogP contribution < -0.4 is 0 Å². The van der Waals surface area contributed by atoms with Crippen molar-refractivity contribution in [3.05, 3.63) is 69.8 Å². The normalized spacial score (nSPS) is 18.5. The predicted octanol–water partition coefficient (Wildman–Crippen LogP) is 5.64. The van der Waals surface area contributed by atoms with Crippen molar-refractivity contribution in [3.63, 3.8) is 0 Å². The van der Waals surface area contributed by atoms with Gasteiger partial charge in [-0.05, 0) is 85.6 Å². The van der Waals surface area contributed by atoms with Gasteiger partial charge in [0.25, 0.3) is 0 Å². The third-order valence-corrected chi connectivity index (χ3v) is 5.99. The summed E-state index contributed by atoms with van der Waals surface area (Å²) >= 11 is 0. The largest absolute Gasteiger partial charge is 0.416 e. The molecule has 4 rings (SSSR count). The minimum Gasteiger partial charge on any atom is -0.292 e. The van der Waals surface area contributed by atoms with Gasteiger partial charge in [-0.15, -0.1) is 0 Å². The molecule has 1 aliphatic heterocycles. The molecule has 1 atom stereocenters. The minimum atomic E-state index is -4.34. The van der Waals surface area contributed by atoms with Crippen LogP contribution >= 0.6 is 0 Å². The van der Waals surface area contributed by atoms with E-state index in [2.05, 4.69) is 17.0 Å². The standard InChI is InChI=1S/C23H23F3N2/c24-23(25,26)20-9-7-16(8-10-20)22(28-11-2-1-3-12-28)21-14-18-6-4-5-17(18)13-19(21)15-27/h7-10,13-14,22H,1-6,11-12H2. The van der Waals surface area contributed by atoms with Crippen LogP contribution in [-0.4, -0.2) is 18.0 Å². The number of halogens is 3. The van der Waals surface area contributed by atoms with Crippen LogP contribution in [-0.2, 0) is 19.0 Å². The van der Waals surface area contributed by atoms with Gasteiger partial charge in [0.1, 0.15) is 0 Å². The summed E-state index contributed by atoms with van der Waals surface area (Å²) in [4.78, 5) is 2.32. The Labute approximate surface area is 163 Å². The van der Waals surface area contributed by atoms with E-state index >= 15 is 0 Å². The summed E-state index contributed by atoms with van der Waals surface area (Å²) in [6.07, 6.45) is 2.08. The summed E-state index contributed by atoms with van der Waals surface area (Å²) in [6, 6.07) is 11.8. The molecule has 146 valence electrons. The molecule has 2 aromatic rings. The maximum Gasteiger partial charge on any atom is 0.416 e. The molecule has 0 saturated carbocycles. The van der Waals surface area contributed by atoms with Gasteiger partial charge in [-0.1, -0.05) is 24.6 Å². The van der Waals surface area contributed by atoms with Gasteiger partial charge >= 0.3 is 6.18 Å². The summed E-state index contributed by atoms with van der Waals surface area (Å²) in [5, 5.41) is 9.78. The number of rotatable bonds is 3. The highest BCUT2D eigenvalue weighted by atomic mass is 19.4. The number of benzene rings is 2. The summed E-state index contributed by atoms with van der Waals surface area (Å²) in [5.74, 6) is 0. The first-order valence-electron chi connectivity index (χ1n) is 9.94. The molecule has 1 fully saturated rings. The van der Waals surface area contributed by atoms with E-state index in [1.165, 1.54) is 17.5 Å². The molecule has 1 saturated heterocycles. The highest BCUT2D eigenvalue weighted by molar-refractivity contribution is 5.50. The molecule has 1 unspecified atom stereocenters. The first-order valence-corrected chi connectivity index (χ1v) is 9.94. The SMILES string of the molecule is N#Cc1cc2c(cc1C(c1ccc(C(F)(F)F)cc1)N1CCCCC1)CCC2. The number of alkyl halides is 3. The molecule has 0 spiro atoms. The first kappa shape index (κ1) is 19.0. The van der Waals surface area contributed by atoms with Crippen molar-refractivity contribution in [3.8, 4) is 6.07 Å². The van der Waals surface area contributed by atoms with Crippen LogP contribution in [0, 0.1) is 11.3 Å². The molecule has 0 N–H and O–H groups in total. The van der Waals surface area contributed by atoms with Crippen molar-refractivity contribution in [2.45, 2.75) is 50.7 Å². The van der Waals surface area contributed by atoms with Gasteiger partial charge in [0.2, 0.25) is 0 Å². The van der Waals surface area contributed by atoms with Crippen LogP contribution in [0.25, 0.3) is 0 Å². The number of aryl methyl sites for hydroxylation is 2. The molecule has 0 bridgehead atoms. The molecule has 1 aliphatic carbocycles. The number of nitriles is 1. The molecule has 0 aromatic heterocycles. The Hall–Kier alpha value is -2.32. The molecule has 28 heavy (non-hydrogen) atoms. The lowest BCUT2D eigenvalue weighted by Crippen LogP contribution is -2.35. The topological polar surface area (TPSA) is 27.0 Å². The van der Waals surface area contributed by atoms with Crippen molar-refractivity contribution < 1.29 is 13.2 Å². The summed E-state index contributed by atoms with van der Waals surface area (Å²) < 4.78 is 39.0. The second-order valence-electron chi connectivity index (χ2n) is 7.79. The number of hydrogen-bond donors (Lipinski definition) is 0. The van der Waals surface area contributed by atoms with Crippen molar-refractivity contribution in [1.29, 1.82) is 5.26 Å². The third kappa shape index (κ3) is 3.66. The predicted molar refractivity (Wildman–Crippen MR) is 102 cm³/mol. The van der Waals surface area contributed by atoms with Crippen LogP contribution in [0.5, 0.6) is 0 Å². The van der Waals surface area contributed by atoms with Crippen LogP contribution in [0.1, 0.15) is 65.1 Å². The zero-order valence-electron chi connectivity index (χ0n) is 15.7. The molecule has 2 nitrogen and oxygen atoms in total. The fraction of sp³-hybridized carbons (Fsp3) is 0.435. The van der Waals surface area contributed by atoms with E-state index < -0.39 is 11.7 Å².